The van der Waals surface area contributed by atoms with Gasteiger partial charge in [-0.15, -0.1) is 11.3 Å². The molecule has 1 heterocycles. The lowest BCUT2D eigenvalue weighted by atomic mass is 10.2. The van der Waals surface area contributed by atoms with Gasteiger partial charge in [-0.05, 0) is 24.3 Å². The van der Waals surface area contributed by atoms with Gasteiger partial charge in [-0.3, -0.25) is 0 Å². The van der Waals surface area contributed by atoms with Crippen molar-refractivity contribution in [3.05, 3.63) is 65.7 Å². The molecule has 4 nitrogen and oxygen atoms in total. The maximum Gasteiger partial charge on any atom is 0.355 e. The third-order valence-corrected chi connectivity index (χ3v) is 3.67. The summed E-state index contributed by atoms with van der Waals surface area (Å²) in [5, 5.41) is 11.1. The number of hydrogen-bond acceptors (Lipinski definition) is 4. The summed E-state index contributed by atoms with van der Waals surface area (Å²) in [4.78, 5) is 15.0. The quantitative estimate of drug-likeness (QED) is 0.780. The molecular weight excluding hydrogens is 286 g/mol. The zero-order chi connectivity index (χ0) is 14.7. The van der Waals surface area contributed by atoms with Crippen LogP contribution in [0.1, 0.15) is 10.5 Å². The number of para-hydroxylation sites is 1. The van der Waals surface area contributed by atoms with Crippen molar-refractivity contribution in [3.63, 3.8) is 0 Å². The van der Waals surface area contributed by atoms with Gasteiger partial charge in [0.25, 0.3) is 0 Å². The Bertz CT molecular complexity index is 768. The molecule has 1 aromatic heterocycles. The fraction of sp³-hybridized carbons (Fsp3) is 0. The van der Waals surface area contributed by atoms with E-state index in [9.17, 15) is 4.79 Å². The van der Waals surface area contributed by atoms with Crippen molar-refractivity contribution in [1.29, 1.82) is 0 Å². The number of aromatic carboxylic acids is 1. The number of thiazole rings is 1. The second-order valence-electron chi connectivity index (χ2n) is 4.29. The first-order valence-electron chi connectivity index (χ1n) is 6.24. The van der Waals surface area contributed by atoms with E-state index in [-0.39, 0.29) is 5.69 Å². The predicted molar refractivity (Wildman–Crippen MR) is 81.0 cm³/mol. The van der Waals surface area contributed by atoms with Crippen LogP contribution in [0.4, 0.5) is 0 Å². The molecule has 0 fully saturated rings. The summed E-state index contributed by atoms with van der Waals surface area (Å²) in [6.07, 6.45) is 0. The second kappa shape index (κ2) is 5.76. The van der Waals surface area contributed by atoms with Crippen molar-refractivity contribution < 1.29 is 14.6 Å². The van der Waals surface area contributed by atoms with Crippen molar-refractivity contribution in [1.82, 2.24) is 4.98 Å². The third kappa shape index (κ3) is 3.09. The molecule has 0 saturated carbocycles. The molecule has 0 spiro atoms. The average molecular weight is 297 g/mol. The maximum absolute atomic E-state index is 10.9. The highest BCUT2D eigenvalue weighted by molar-refractivity contribution is 7.13. The molecule has 0 amide bonds. The van der Waals surface area contributed by atoms with E-state index in [0.717, 1.165) is 11.3 Å². The topological polar surface area (TPSA) is 59.4 Å². The molecule has 104 valence electrons. The summed E-state index contributed by atoms with van der Waals surface area (Å²) in [5.41, 5.74) is 0.894. The van der Waals surface area contributed by atoms with Crippen LogP contribution in [0.25, 0.3) is 10.6 Å². The Balaban J connectivity index is 1.87. The normalized spacial score (nSPS) is 10.3. The number of rotatable bonds is 4. The van der Waals surface area contributed by atoms with Crippen LogP contribution in [0.15, 0.2) is 60.0 Å². The first-order valence-corrected chi connectivity index (χ1v) is 7.12. The highest BCUT2D eigenvalue weighted by atomic mass is 32.1. The SMILES string of the molecule is O=C(O)c1csc(-c2cccc(Oc3ccccc3)c2)n1. The zero-order valence-electron chi connectivity index (χ0n) is 10.9. The first-order chi connectivity index (χ1) is 10.2. The van der Waals surface area contributed by atoms with Crippen LogP contribution in [0.5, 0.6) is 11.5 Å². The molecule has 0 aliphatic rings. The number of benzene rings is 2. The van der Waals surface area contributed by atoms with Gasteiger partial charge in [-0.2, -0.15) is 0 Å². The lowest BCUT2D eigenvalue weighted by molar-refractivity contribution is 0.0691. The number of aromatic nitrogens is 1. The summed E-state index contributed by atoms with van der Waals surface area (Å²) in [6, 6.07) is 16.9. The van der Waals surface area contributed by atoms with Crippen LogP contribution in [0, 0.1) is 0 Å². The van der Waals surface area contributed by atoms with E-state index in [1.807, 2.05) is 54.6 Å². The molecule has 1 N–H and O–H groups in total. The summed E-state index contributed by atoms with van der Waals surface area (Å²) in [7, 11) is 0. The number of carbonyl (C=O) groups is 1. The monoisotopic (exact) mass is 297 g/mol. The largest absolute Gasteiger partial charge is 0.476 e. The van der Waals surface area contributed by atoms with Crippen LogP contribution in [0.2, 0.25) is 0 Å². The van der Waals surface area contributed by atoms with Gasteiger partial charge in [0.05, 0.1) is 0 Å². The summed E-state index contributed by atoms with van der Waals surface area (Å²) >= 11 is 1.30. The molecule has 0 saturated heterocycles. The summed E-state index contributed by atoms with van der Waals surface area (Å²) in [5.74, 6) is 0.417. The fourth-order valence-corrected chi connectivity index (χ4v) is 2.61. The predicted octanol–water partition coefficient (Wildman–Crippen LogP) is 4.30. The van der Waals surface area contributed by atoms with Crippen molar-refractivity contribution in [2.75, 3.05) is 0 Å². The summed E-state index contributed by atoms with van der Waals surface area (Å²) < 4.78 is 5.76. The van der Waals surface area contributed by atoms with Gasteiger partial charge in [-0.25, -0.2) is 9.78 Å². The standard InChI is InChI=1S/C16H11NO3S/c18-16(19)14-10-21-15(17-14)11-5-4-8-13(9-11)20-12-6-2-1-3-7-12/h1-10H,(H,18,19). The van der Waals surface area contributed by atoms with E-state index in [2.05, 4.69) is 4.98 Å². The molecule has 0 bridgehead atoms. The molecular formula is C16H11NO3S. The highest BCUT2D eigenvalue weighted by Gasteiger charge is 2.10. The molecule has 3 rings (SSSR count). The number of ether oxygens (including phenoxy) is 1. The van der Waals surface area contributed by atoms with Crippen LogP contribution >= 0.6 is 11.3 Å². The molecule has 0 unspecified atom stereocenters. The Morgan fingerprint density at radius 1 is 1.05 bits per heavy atom. The van der Waals surface area contributed by atoms with Gasteiger partial charge in [0.1, 0.15) is 16.5 Å². The Kier molecular flexibility index (Phi) is 3.66. The molecule has 0 radical (unpaired) electrons. The van der Waals surface area contributed by atoms with Crippen molar-refractivity contribution >= 4 is 17.3 Å². The van der Waals surface area contributed by atoms with Gasteiger partial charge in [0.2, 0.25) is 0 Å². The number of carboxylic acid groups (broad SMARTS) is 1. The van der Waals surface area contributed by atoms with Gasteiger partial charge < -0.3 is 9.84 Å². The van der Waals surface area contributed by atoms with E-state index in [4.69, 9.17) is 9.84 Å². The molecule has 0 aliphatic heterocycles. The Morgan fingerprint density at radius 2 is 1.81 bits per heavy atom. The highest BCUT2D eigenvalue weighted by Crippen LogP contribution is 2.29. The number of hydrogen-bond donors (Lipinski definition) is 1. The number of nitrogens with zero attached hydrogens (tertiary/aromatic N) is 1. The molecule has 2 aromatic carbocycles. The Hall–Kier alpha value is -2.66. The lowest BCUT2D eigenvalue weighted by Gasteiger charge is -2.06. The summed E-state index contributed by atoms with van der Waals surface area (Å²) in [6.45, 7) is 0. The van der Waals surface area contributed by atoms with Crippen LogP contribution < -0.4 is 4.74 Å². The molecule has 21 heavy (non-hydrogen) atoms. The van der Waals surface area contributed by atoms with E-state index in [0.29, 0.717) is 10.8 Å². The molecule has 0 aliphatic carbocycles. The van der Waals surface area contributed by atoms with Gasteiger partial charge in [0.15, 0.2) is 5.69 Å². The molecule has 3 aromatic rings. The van der Waals surface area contributed by atoms with Gasteiger partial charge in [0, 0.05) is 10.9 Å². The Morgan fingerprint density at radius 3 is 2.52 bits per heavy atom. The minimum Gasteiger partial charge on any atom is -0.476 e. The third-order valence-electron chi connectivity index (χ3n) is 2.78. The van der Waals surface area contributed by atoms with Gasteiger partial charge >= 0.3 is 5.97 Å². The van der Waals surface area contributed by atoms with Crippen LogP contribution in [-0.2, 0) is 0 Å². The van der Waals surface area contributed by atoms with Crippen molar-refractivity contribution in [2.24, 2.45) is 0 Å². The number of carboxylic acids is 1. The van der Waals surface area contributed by atoms with Crippen LogP contribution in [-0.4, -0.2) is 16.1 Å². The smallest absolute Gasteiger partial charge is 0.355 e. The van der Waals surface area contributed by atoms with E-state index >= 15 is 0 Å². The Labute approximate surface area is 125 Å². The van der Waals surface area contributed by atoms with Crippen LogP contribution in [0.3, 0.4) is 0 Å². The first kappa shape index (κ1) is 13.3. The molecule has 5 heteroatoms. The zero-order valence-corrected chi connectivity index (χ0v) is 11.7. The fourth-order valence-electron chi connectivity index (χ4n) is 1.82. The van der Waals surface area contributed by atoms with Crippen molar-refractivity contribution in [2.45, 2.75) is 0 Å². The van der Waals surface area contributed by atoms with E-state index < -0.39 is 5.97 Å². The second-order valence-corrected chi connectivity index (χ2v) is 5.14. The molecule has 0 atom stereocenters. The van der Waals surface area contributed by atoms with Gasteiger partial charge in [-0.1, -0.05) is 30.3 Å². The maximum atomic E-state index is 10.9. The van der Waals surface area contributed by atoms with E-state index in [1.165, 1.54) is 16.7 Å². The average Bonchev–Trinajstić information content (AvgIpc) is 2.99. The van der Waals surface area contributed by atoms with Crippen molar-refractivity contribution in [3.8, 4) is 22.1 Å². The minimum absolute atomic E-state index is 0.0596. The van der Waals surface area contributed by atoms with E-state index in [1.54, 1.807) is 0 Å². The lowest BCUT2D eigenvalue weighted by Crippen LogP contribution is -1.95. The minimum atomic E-state index is -1.02.